The lowest BCUT2D eigenvalue weighted by Gasteiger charge is -2.24. The molecule has 1 heterocycles. The molecule has 100 valence electrons. The first-order chi connectivity index (χ1) is 8.66. The molecule has 18 heavy (non-hydrogen) atoms. The van der Waals surface area contributed by atoms with Crippen molar-refractivity contribution in [2.45, 2.75) is 12.5 Å². The van der Waals surface area contributed by atoms with E-state index < -0.39 is 0 Å². The maximum Gasteiger partial charge on any atom is 0.128 e. The third-order valence-electron chi connectivity index (χ3n) is 3.57. The summed E-state index contributed by atoms with van der Waals surface area (Å²) < 4.78 is 13.6. The summed E-state index contributed by atoms with van der Waals surface area (Å²) in [4.78, 5) is 4.66. The van der Waals surface area contributed by atoms with Crippen molar-refractivity contribution < 1.29 is 4.39 Å². The van der Waals surface area contributed by atoms with E-state index in [0.29, 0.717) is 5.56 Å². The molecular formula is C14H22FN3. The predicted octanol–water partition coefficient (Wildman–Crippen LogP) is 1.46. The molecule has 1 aromatic carbocycles. The van der Waals surface area contributed by atoms with Crippen molar-refractivity contribution >= 4 is 0 Å². The molecule has 1 aliphatic heterocycles. The van der Waals surface area contributed by atoms with Crippen LogP contribution in [0.3, 0.4) is 0 Å². The average molecular weight is 251 g/mol. The molecule has 1 atom stereocenters. The van der Waals surface area contributed by atoms with E-state index in [1.807, 2.05) is 6.07 Å². The molecule has 1 saturated heterocycles. The van der Waals surface area contributed by atoms with Crippen LogP contribution in [-0.4, -0.2) is 49.6 Å². The molecule has 1 aromatic rings. The summed E-state index contributed by atoms with van der Waals surface area (Å²) in [6.45, 7) is 4.98. The Morgan fingerprint density at radius 2 is 2.00 bits per heavy atom. The van der Waals surface area contributed by atoms with Gasteiger partial charge in [-0.2, -0.15) is 0 Å². The molecule has 0 aliphatic carbocycles. The van der Waals surface area contributed by atoms with Crippen LogP contribution < -0.4 is 5.73 Å². The number of hydrogen-bond donors (Lipinski definition) is 1. The van der Waals surface area contributed by atoms with E-state index >= 15 is 0 Å². The summed E-state index contributed by atoms with van der Waals surface area (Å²) in [5.74, 6) is -0.197. The zero-order valence-corrected chi connectivity index (χ0v) is 11.0. The first kappa shape index (κ1) is 13.5. The van der Waals surface area contributed by atoms with Gasteiger partial charge in [-0.1, -0.05) is 18.2 Å². The van der Waals surface area contributed by atoms with E-state index in [2.05, 4.69) is 16.8 Å². The molecule has 2 N–H and O–H groups in total. The molecule has 3 nitrogen and oxygen atoms in total. The van der Waals surface area contributed by atoms with Crippen LogP contribution in [0.25, 0.3) is 0 Å². The second kappa shape index (κ2) is 6.27. The van der Waals surface area contributed by atoms with Crippen LogP contribution >= 0.6 is 0 Å². The standard InChI is InChI=1S/C14H22FN3/c1-17-7-4-8-18(10-9-17)11-14(16)12-5-2-3-6-13(12)15/h2-3,5-6,14H,4,7-11,16H2,1H3. The summed E-state index contributed by atoms with van der Waals surface area (Å²) in [6.07, 6.45) is 1.15. The Balaban J connectivity index is 1.94. The monoisotopic (exact) mass is 251 g/mol. The highest BCUT2D eigenvalue weighted by Crippen LogP contribution is 2.16. The van der Waals surface area contributed by atoms with Gasteiger partial charge in [0.15, 0.2) is 0 Å². The molecule has 1 fully saturated rings. The summed E-state index contributed by atoms with van der Waals surface area (Å²) in [7, 11) is 2.14. The van der Waals surface area contributed by atoms with Crippen LogP contribution in [0, 0.1) is 5.82 Å². The predicted molar refractivity (Wildman–Crippen MR) is 71.9 cm³/mol. The Morgan fingerprint density at radius 3 is 2.78 bits per heavy atom. The minimum atomic E-state index is -0.241. The Hall–Kier alpha value is -0.970. The highest BCUT2D eigenvalue weighted by Gasteiger charge is 2.17. The van der Waals surface area contributed by atoms with Gasteiger partial charge in [-0.15, -0.1) is 0 Å². The van der Waals surface area contributed by atoms with Gasteiger partial charge in [0.25, 0.3) is 0 Å². The van der Waals surface area contributed by atoms with Crippen LogP contribution in [0.4, 0.5) is 4.39 Å². The van der Waals surface area contributed by atoms with Crippen molar-refractivity contribution in [1.82, 2.24) is 9.80 Å². The van der Waals surface area contributed by atoms with Crippen molar-refractivity contribution in [3.05, 3.63) is 35.6 Å². The minimum Gasteiger partial charge on any atom is -0.323 e. The van der Waals surface area contributed by atoms with Crippen LogP contribution in [-0.2, 0) is 0 Å². The van der Waals surface area contributed by atoms with Crippen molar-refractivity contribution in [3.63, 3.8) is 0 Å². The van der Waals surface area contributed by atoms with E-state index in [9.17, 15) is 4.39 Å². The van der Waals surface area contributed by atoms with E-state index in [1.54, 1.807) is 12.1 Å². The molecule has 0 aromatic heterocycles. The number of likely N-dealkylation sites (N-methyl/N-ethyl adjacent to an activating group) is 1. The smallest absolute Gasteiger partial charge is 0.128 e. The number of rotatable bonds is 3. The van der Waals surface area contributed by atoms with Crippen LogP contribution in [0.1, 0.15) is 18.0 Å². The van der Waals surface area contributed by atoms with E-state index in [1.165, 1.54) is 6.07 Å². The molecular weight excluding hydrogens is 229 g/mol. The normalized spacial score (nSPS) is 20.6. The topological polar surface area (TPSA) is 32.5 Å². The summed E-state index contributed by atoms with van der Waals surface area (Å²) in [6, 6.07) is 6.56. The number of nitrogens with two attached hydrogens (primary N) is 1. The number of nitrogens with zero attached hydrogens (tertiary/aromatic N) is 2. The molecule has 2 rings (SSSR count). The Bertz CT molecular complexity index is 383. The van der Waals surface area contributed by atoms with Gasteiger partial charge >= 0.3 is 0 Å². The number of benzene rings is 1. The van der Waals surface area contributed by atoms with Crippen molar-refractivity contribution in [2.24, 2.45) is 5.73 Å². The Labute approximate surface area is 108 Å². The van der Waals surface area contributed by atoms with Gasteiger partial charge in [-0.05, 0) is 32.6 Å². The first-order valence-electron chi connectivity index (χ1n) is 6.57. The van der Waals surface area contributed by atoms with Gasteiger partial charge in [0, 0.05) is 31.2 Å². The second-order valence-corrected chi connectivity index (χ2v) is 5.09. The van der Waals surface area contributed by atoms with Gasteiger partial charge < -0.3 is 15.5 Å². The molecule has 0 spiro atoms. The van der Waals surface area contributed by atoms with Crippen molar-refractivity contribution in [1.29, 1.82) is 0 Å². The van der Waals surface area contributed by atoms with Gasteiger partial charge in [0.05, 0.1) is 0 Å². The fourth-order valence-electron chi connectivity index (χ4n) is 2.43. The summed E-state index contributed by atoms with van der Waals surface area (Å²) >= 11 is 0. The fraction of sp³-hybridized carbons (Fsp3) is 0.571. The number of halogens is 1. The molecule has 0 radical (unpaired) electrons. The first-order valence-corrected chi connectivity index (χ1v) is 6.57. The Kier molecular flexibility index (Phi) is 4.69. The van der Waals surface area contributed by atoms with Crippen molar-refractivity contribution in [3.8, 4) is 0 Å². The second-order valence-electron chi connectivity index (χ2n) is 5.09. The quantitative estimate of drug-likeness (QED) is 0.883. The lowest BCUT2D eigenvalue weighted by atomic mass is 10.1. The van der Waals surface area contributed by atoms with Crippen LogP contribution in [0.15, 0.2) is 24.3 Å². The molecule has 1 aliphatic rings. The SMILES string of the molecule is CN1CCCN(CC(N)c2ccccc2F)CC1. The van der Waals surface area contributed by atoms with Crippen LogP contribution in [0.2, 0.25) is 0 Å². The fourth-order valence-corrected chi connectivity index (χ4v) is 2.43. The molecule has 4 heteroatoms. The highest BCUT2D eigenvalue weighted by atomic mass is 19.1. The van der Waals surface area contributed by atoms with Gasteiger partial charge in [-0.3, -0.25) is 0 Å². The van der Waals surface area contributed by atoms with Gasteiger partial charge in [-0.25, -0.2) is 4.39 Å². The lowest BCUT2D eigenvalue weighted by Crippen LogP contribution is -2.35. The largest absolute Gasteiger partial charge is 0.323 e. The third kappa shape index (κ3) is 3.51. The molecule has 0 amide bonds. The Morgan fingerprint density at radius 1 is 1.22 bits per heavy atom. The molecule has 0 bridgehead atoms. The van der Waals surface area contributed by atoms with E-state index in [0.717, 1.165) is 39.1 Å². The third-order valence-corrected chi connectivity index (χ3v) is 3.57. The van der Waals surface area contributed by atoms with E-state index in [4.69, 9.17) is 5.73 Å². The maximum absolute atomic E-state index is 13.6. The zero-order valence-electron chi connectivity index (χ0n) is 11.0. The van der Waals surface area contributed by atoms with Crippen LogP contribution in [0.5, 0.6) is 0 Å². The highest BCUT2D eigenvalue weighted by molar-refractivity contribution is 5.21. The molecule has 1 unspecified atom stereocenters. The van der Waals surface area contributed by atoms with Gasteiger partial charge in [0.2, 0.25) is 0 Å². The summed E-state index contributed by atoms with van der Waals surface area (Å²) in [5, 5.41) is 0. The minimum absolute atomic E-state index is 0.197. The number of hydrogen-bond acceptors (Lipinski definition) is 3. The maximum atomic E-state index is 13.6. The van der Waals surface area contributed by atoms with Crippen molar-refractivity contribution in [2.75, 3.05) is 39.8 Å². The summed E-state index contributed by atoms with van der Waals surface area (Å²) in [5.41, 5.74) is 6.74. The van der Waals surface area contributed by atoms with E-state index in [-0.39, 0.29) is 11.9 Å². The van der Waals surface area contributed by atoms with Gasteiger partial charge in [0.1, 0.15) is 5.82 Å². The average Bonchev–Trinajstić information content (AvgIpc) is 2.55. The molecule has 0 saturated carbocycles. The lowest BCUT2D eigenvalue weighted by molar-refractivity contribution is 0.260. The zero-order chi connectivity index (χ0) is 13.0.